The van der Waals surface area contributed by atoms with Crippen LogP contribution in [0.1, 0.15) is 0 Å². The number of aliphatic hydroxyl groups is 1. The van der Waals surface area contributed by atoms with E-state index in [9.17, 15) is 0 Å². The predicted molar refractivity (Wildman–Crippen MR) is 65.0 cm³/mol. The Morgan fingerprint density at radius 2 is 1.93 bits per heavy atom. The normalized spacial score (nSPS) is 10.4. The van der Waals surface area contributed by atoms with Gasteiger partial charge in [-0.25, -0.2) is 0 Å². The van der Waals surface area contributed by atoms with Crippen molar-refractivity contribution in [3.05, 3.63) is 49.3 Å². The molecule has 3 nitrogen and oxygen atoms in total. The standard InChI is InChI=1S/C12H16N2O/c1-2-8-14(9-3-10-15)12-6-4-11(13)5-7-12/h2-7,10,15H,1,8-9,13H2. The second kappa shape index (κ2) is 5.75. The van der Waals surface area contributed by atoms with Gasteiger partial charge in [-0.1, -0.05) is 6.08 Å². The molecule has 1 rings (SSSR count). The van der Waals surface area contributed by atoms with E-state index in [4.69, 9.17) is 10.8 Å². The maximum Gasteiger partial charge on any atom is 0.0769 e. The predicted octanol–water partition coefficient (Wildman–Crippen LogP) is 2.33. The average molecular weight is 204 g/mol. The number of aliphatic hydroxyl groups excluding tert-OH is 1. The van der Waals surface area contributed by atoms with E-state index in [1.54, 1.807) is 6.08 Å². The second-order valence-corrected chi connectivity index (χ2v) is 3.17. The average Bonchev–Trinajstić information content (AvgIpc) is 2.25. The molecule has 3 heteroatoms. The van der Waals surface area contributed by atoms with Crippen molar-refractivity contribution in [1.82, 2.24) is 0 Å². The molecule has 0 unspecified atom stereocenters. The van der Waals surface area contributed by atoms with Crippen LogP contribution in [0.5, 0.6) is 0 Å². The molecule has 0 amide bonds. The Morgan fingerprint density at radius 1 is 1.27 bits per heavy atom. The first-order chi connectivity index (χ1) is 7.27. The van der Waals surface area contributed by atoms with Crippen LogP contribution >= 0.6 is 0 Å². The first kappa shape index (κ1) is 11.2. The van der Waals surface area contributed by atoms with E-state index in [0.717, 1.165) is 24.2 Å². The van der Waals surface area contributed by atoms with E-state index in [1.807, 2.05) is 30.3 Å². The highest BCUT2D eigenvalue weighted by molar-refractivity contribution is 5.53. The van der Waals surface area contributed by atoms with Crippen molar-refractivity contribution in [2.75, 3.05) is 23.7 Å². The Morgan fingerprint density at radius 3 is 2.47 bits per heavy atom. The molecule has 0 aliphatic rings. The van der Waals surface area contributed by atoms with Crippen LogP contribution in [0.25, 0.3) is 0 Å². The molecular weight excluding hydrogens is 188 g/mol. The first-order valence-corrected chi connectivity index (χ1v) is 4.78. The van der Waals surface area contributed by atoms with Crippen LogP contribution in [0.15, 0.2) is 49.3 Å². The van der Waals surface area contributed by atoms with Crippen LogP contribution in [-0.4, -0.2) is 18.2 Å². The third-order valence-electron chi connectivity index (χ3n) is 2.04. The first-order valence-electron chi connectivity index (χ1n) is 4.78. The van der Waals surface area contributed by atoms with Gasteiger partial charge in [-0.3, -0.25) is 0 Å². The molecule has 0 heterocycles. The van der Waals surface area contributed by atoms with E-state index >= 15 is 0 Å². The third kappa shape index (κ3) is 3.38. The number of nitrogens with two attached hydrogens (primary N) is 1. The molecule has 0 aliphatic carbocycles. The fraction of sp³-hybridized carbons (Fsp3) is 0.167. The van der Waals surface area contributed by atoms with Gasteiger partial charge in [0.05, 0.1) is 6.26 Å². The van der Waals surface area contributed by atoms with Crippen LogP contribution in [0.3, 0.4) is 0 Å². The monoisotopic (exact) mass is 204 g/mol. The number of benzene rings is 1. The van der Waals surface area contributed by atoms with Crippen molar-refractivity contribution in [2.24, 2.45) is 0 Å². The van der Waals surface area contributed by atoms with Crippen LogP contribution in [0.4, 0.5) is 11.4 Å². The minimum Gasteiger partial charge on any atom is -0.516 e. The summed E-state index contributed by atoms with van der Waals surface area (Å²) in [5.74, 6) is 0. The molecule has 1 aromatic carbocycles. The van der Waals surface area contributed by atoms with E-state index in [1.165, 1.54) is 0 Å². The van der Waals surface area contributed by atoms with Gasteiger partial charge < -0.3 is 15.7 Å². The smallest absolute Gasteiger partial charge is 0.0769 e. The molecule has 0 aliphatic heterocycles. The topological polar surface area (TPSA) is 49.5 Å². The summed E-state index contributed by atoms with van der Waals surface area (Å²) in [5.41, 5.74) is 7.41. The molecule has 0 radical (unpaired) electrons. The number of hydrogen-bond donors (Lipinski definition) is 2. The molecule has 1 aromatic rings. The molecule has 0 fully saturated rings. The van der Waals surface area contributed by atoms with Crippen molar-refractivity contribution in [3.63, 3.8) is 0 Å². The maximum absolute atomic E-state index is 8.62. The van der Waals surface area contributed by atoms with Crippen molar-refractivity contribution in [1.29, 1.82) is 0 Å². The highest BCUT2D eigenvalue weighted by Gasteiger charge is 2.01. The van der Waals surface area contributed by atoms with Gasteiger partial charge in [0.15, 0.2) is 0 Å². The minimum atomic E-state index is 0.645. The Kier molecular flexibility index (Phi) is 4.29. The molecule has 3 N–H and O–H groups in total. The molecular formula is C12H16N2O. The van der Waals surface area contributed by atoms with Gasteiger partial charge in [0.1, 0.15) is 0 Å². The third-order valence-corrected chi connectivity index (χ3v) is 2.04. The van der Waals surface area contributed by atoms with Crippen LogP contribution in [0, 0.1) is 0 Å². The van der Waals surface area contributed by atoms with E-state index < -0.39 is 0 Å². The zero-order valence-electron chi connectivity index (χ0n) is 8.63. The summed E-state index contributed by atoms with van der Waals surface area (Å²) in [4.78, 5) is 2.07. The Labute approximate surface area is 90.1 Å². The molecule has 80 valence electrons. The number of nitrogen functional groups attached to an aromatic ring is 1. The van der Waals surface area contributed by atoms with E-state index in [0.29, 0.717) is 6.54 Å². The maximum atomic E-state index is 8.62. The zero-order chi connectivity index (χ0) is 11.1. The number of anilines is 2. The molecule has 15 heavy (non-hydrogen) atoms. The molecule has 0 saturated heterocycles. The summed E-state index contributed by atoms with van der Waals surface area (Å²) in [6.45, 7) is 5.07. The highest BCUT2D eigenvalue weighted by atomic mass is 16.2. The lowest BCUT2D eigenvalue weighted by Crippen LogP contribution is -2.23. The molecule has 0 spiro atoms. The van der Waals surface area contributed by atoms with Crippen LogP contribution < -0.4 is 10.6 Å². The summed E-state index contributed by atoms with van der Waals surface area (Å²) >= 11 is 0. The van der Waals surface area contributed by atoms with Crippen LogP contribution in [-0.2, 0) is 0 Å². The fourth-order valence-electron chi connectivity index (χ4n) is 1.30. The van der Waals surface area contributed by atoms with Crippen molar-refractivity contribution < 1.29 is 5.11 Å². The van der Waals surface area contributed by atoms with Crippen molar-refractivity contribution in [3.8, 4) is 0 Å². The van der Waals surface area contributed by atoms with E-state index in [2.05, 4.69) is 11.5 Å². The number of hydrogen-bond acceptors (Lipinski definition) is 3. The lowest BCUT2D eigenvalue weighted by Gasteiger charge is -2.21. The SMILES string of the molecule is C=CCN(CC=CO)c1ccc(N)cc1. The molecule has 0 atom stereocenters. The van der Waals surface area contributed by atoms with Crippen LogP contribution in [0.2, 0.25) is 0 Å². The number of nitrogens with zero attached hydrogens (tertiary/aromatic N) is 1. The summed E-state index contributed by atoms with van der Waals surface area (Å²) in [5, 5.41) is 8.62. The van der Waals surface area contributed by atoms with Gasteiger partial charge in [0.25, 0.3) is 0 Å². The van der Waals surface area contributed by atoms with E-state index in [-0.39, 0.29) is 0 Å². The van der Waals surface area contributed by atoms with Crippen molar-refractivity contribution in [2.45, 2.75) is 0 Å². The van der Waals surface area contributed by atoms with Gasteiger partial charge in [0, 0.05) is 24.5 Å². The molecule has 0 aromatic heterocycles. The fourth-order valence-corrected chi connectivity index (χ4v) is 1.30. The lowest BCUT2D eigenvalue weighted by atomic mass is 10.2. The zero-order valence-corrected chi connectivity index (χ0v) is 8.63. The Balaban J connectivity index is 2.78. The van der Waals surface area contributed by atoms with Crippen molar-refractivity contribution >= 4 is 11.4 Å². The Bertz CT molecular complexity index is 330. The molecule has 0 bridgehead atoms. The van der Waals surface area contributed by atoms with Gasteiger partial charge in [-0.2, -0.15) is 0 Å². The minimum absolute atomic E-state index is 0.645. The second-order valence-electron chi connectivity index (χ2n) is 3.17. The van der Waals surface area contributed by atoms with Gasteiger partial charge >= 0.3 is 0 Å². The molecule has 0 saturated carbocycles. The summed E-state index contributed by atoms with van der Waals surface area (Å²) in [7, 11) is 0. The quantitative estimate of drug-likeness (QED) is 0.439. The summed E-state index contributed by atoms with van der Waals surface area (Å²) < 4.78 is 0. The summed E-state index contributed by atoms with van der Waals surface area (Å²) in [6, 6.07) is 7.61. The van der Waals surface area contributed by atoms with Gasteiger partial charge in [-0.05, 0) is 30.3 Å². The highest BCUT2D eigenvalue weighted by Crippen LogP contribution is 2.15. The van der Waals surface area contributed by atoms with Gasteiger partial charge in [-0.15, -0.1) is 6.58 Å². The largest absolute Gasteiger partial charge is 0.516 e. The van der Waals surface area contributed by atoms with Gasteiger partial charge in [0.2, 0.25) is 0 Å². The lowest BCUT2D eigenvalue weighted by molar-refractivity contribution is 0.471. The Hall–Kier alpha value is -1.90. The summed E-state index contributed by atoms with van der Waals surface area (Å²) in [6.07, 6.45) is 4.55. The number of rotatable bonds is 5.